The minimum absolute atomic E-state index is 0.0172. The number of amides is 2. The van der Waals surface area contributed by atoms with Crippen LogP contribution < -0.4 is 10.6 Å². The number of carbonyl (C=O) groups excluding carboxylic acids is 2. The van der Waals surface area contributed by atoms with E-state index in [4.69, 9.17) is 11.6 Å². The number of carbonyl (C=O) groups is 2. The molecule has 1 aromatic heterocycles. The zero-order valence-electron chi connectivity index (χ0n) is 17.8. The van der Waals surface area contributed by atoms with E-state index in [-0.39, 0.29) is 23.7 Å². The predicted molar refractivity (Wildman–Crippen MR) is 130 cm³/mol. The van der Waals surface area contributed by atoms with Crippen molar-refractivity contribution in [3.05, 3.63) is 107 Å². The lowest BCUT2D eigenvalue weighted by Gasteiger charge is -2.09. The number of halogens is 1. The Hall–Kier alpha value is -3.70. The third kappa shape index (κ3) is 4.73. The Kier molecular flexibility index (Phi) is 5.80. The summed E-state index contributed by atoms with van der Waals surface area (Å²) in [5.41, 5.74) is 3.12. The van der Waals surface area contributed by atoms with Crippen LogP contribution in [0.5, 0.6) is 0 Å². The number of fused-ring (bicyclic) bond motifs is 1. The molecule has 2 N–H and O–H groups in total. The van der Waals surface area contributed by atoms with Crippen molar-refractivity contribution in [2.24, 2.45) is 5.92 Å². The highest BCUT2D eigenvalue weighted by Crippen LogP contribution is 2.48. The zero-order valence-corrected chi connectivity index (χ0v) is 18.5. The van der Waals surface area contributed by atoms with Crippen LogP contribution in [0.4, 0.5) is 5.69 Å². The largest absolute Gasteiger partial charge is 0.346 e. The third-order valence-electron chi connectivity index (χ3n) is 5.96. The van der Waals surface area contributed by atoms with Gasteiger partial charge in [0, 0.05) is 33.8 Å². The molecule has 2 amide bonds. The lowest BCUT2D eigenvalue weighted by Crippen LogP contribution is -2.23. The van der Waals surface area contributed by atoms with Crippen LogP contribution in [0.1, 0.15) is 34.0 Å². The van der Waals surface area contributed by atoms with E-state index >= 15 is 0 Å². The Bertz CT molecular complexity index is 1340. The van der Waals surface area contributed by atoms with E-state index in [0.29, 0.717) is 17.1 Å². The molecule has 4 aromatic rings. The summed E-state index contributed by atoms with van der Waals surface area (Å²) >= 11 is 6.29. The monoisotopic (exact) mass is 455 g/mol. The van der Waals surface area contributed by atoms with E-state index in [2.05, 4.69) is 15.6 Å². The molecule has 3 aromatic carbocycles. The maximum atomic E-state index is 12.8. The van der Waals surface area contributed by atoms with E-state index in [0.717, 1.165) is 34.1 Å². The molecule has 1 aliphatic carbocycles. The normalized spacial score (nSPS) is 16.9. The molecule has 1 heterocycles. The number of nitrogens with zero attached hydrogens (tertiary/aromatic N) is 1. The molecule has 0 saturated heterocycles. The maximum Gasteiger partial charge on any atom is 0.251 e. The molecule has 6 heteroatoms. The predicted octanol–water partition coefficient (Wildman–Crippen LogP) is 5.56. The third-order valence-corrected chi connectivity index (χ3v) is 6.29. The fourth-order valence-electron chi connectivity index (χ4n) is 4.09. The quantitative estimate of drug-likeness (QED) is 0.400. The molecule has 1 fully saturated rings. The minimum Gasteiger partial charge on any atom is -0.346 e. The Labute approximate surface area is 196 Å². The second-order valence-corrected chi connectivity index (χ2v) is 8.65. The van der Waals surface area contributed by atoms with Crippen LogP contribution in [0.2, 0.25) is 5.02 Å². The molecule has 5 nitrogen and oxygen atoms in total. The number of aromatic nitrogens is 1. The first-order valence-corrected chi connectivity index (χ1v) is 11.2. The smallest absolute Gasteiger partial charge is 0.251 e. The van der Waals surface area contributed by atoms with Gasteiger partial charge in [-0.25, -0.2) is 0 Å². The molecule has 0 bridgehead atoms. The summed E-state index contributed by atoms with van der Waals surface area (Å²) in [5.74, 6) is -0.176. The van der Waals surface area contributed by atoms with Crippen molar-refractivity contribution < 1.29 is 9.59 Å². The van der Waals surface area contributed by atoms with Crippen molar-refractivity contribution in [2.75, 3.05) is 5.32 Å². The fraction of sp³-hybridized carbons (Fsp3) is 0.148. The average Bonchev–Trinajstić information content (AvgIpc) is 3.65. The van der Waals surface area contributed by atoms with E-state index in [1.807, 2.05) is 72.8 Å². The van der Waals surface area contributed by atoms with Crippen molar-refractivity contribution in [2.45, 2.75) is 18.9 Å². The minimum atomic E-state index is -0.155. The van der Waals surface area contributed by atoms with Gasteiger partial charge in [-0.15, -0.1) is 0 Å². The molecule has 0 spiro atoms. The van der Waals surface area contributed by atoms with Gasteiger partial charge < -0.3 is 10.6 Å². The standard InChI is InChI=1S/C27H22ClN3O2/c28-25-9-4-5-17-10-11-20(14-23(17)25)31-27(33)24-15-22(24)18-6-3-7-19(13-18)26(32)30-16-21-8-1-2-12-29-21/h1-14,22,24H,15-16H2,(H,30,32)(H,31,33)/t22-,24+/m0/s1. The number of benzene rings is 3. The van der Waals surface area contributed by atoms with E-state index in [1.165, 1.54) is 0 Å². The van der Waals surface area contributed by atoms with Gasteiger partial charge >= 0.3 is 0 Å². The van der Waals surface area contributed by atoms with Crippen LogP contribution in [-0.4, -0.2) is 16.8 Å². The number of nitrogens with one attached hydrogen (secondary N) is 2. The van der Waals surface area contributed by atoms with Crippen molar-refractivity contribution in [3.8, 4) is 0 Å². The number of pyridine rings is 1. The zero-order chi connectivity index (χ0) is 22.8. The van der Waals surface area contributed by atoms with Gasteiger partial charge in [-0.05, 0) is 65.8 Å². The second-order valence-electron chi connectivity index (χ2n) is 8.24. The highest BCUT2D eigenvalue weighted by Gasteiger charge is 2.44. The molecule has 33 heavy (non-hydrogen) atoms. The highest BCUT2D eigenvalue weighted by molar-refractivity contribution is 6.35. The summed E-state index contributed by atoms with van der Waals surface area (Å²) in [6.45, 7) is 0.369. The summed E-state index contributed by atoms with van der Waals surface area (Å²) in [6.07, 6.45) is 2.46. The van der Waals surface area contributed by atoms with Gasteiger partial charge in [-0.3, -0.25) is 14.6 Å². The van der Waals surface area contributed by atoms with Gasteiger partial charge in [-0.1, -0.05) is 48.0 Å². The average molecular weight is 456 g/mol. The summed E-state index contributed by atoms with van der Waals surface area (Å²) in [6, 6.07) is 24.6. The van der Waals surface area contributed by atoms with Gasteiger partial charge in [0.25, 0.3) is 5.91 Å². The van der Waals surface area contributed by atoms with Crippen LogP contribution in [0, 0.1) is 5.92 Å². The summed E-state index contributed by atoms with van der Waals surface area (Å²) in [5, 5.41) is 8.51. The topological polar surface area (TPSA) is 71.1 Å². The van der Waals surface area contributed by atoms with Crippen molar-refractivity contribution in [1.29, 1.82) is 0 Å². The summed E-state index contributed by atoms with van der Waals surface area (Å²) < 4.78 is 0. The van der Waals surface area contributed by atoms with Gasteiger partial charge in [0.15, 0.2) is 0 Å². The Morgan fingerprint density at radius 2 is 1.85 bits per heavy atom. The second kappa shape index (κ2) is 9.04. The molecule has 0 unspecified atom stereocenters. The number of hydrogen-bond acceptors (Lipinski definition) is 3. The van der Waals surface area contributed by atoms with Crippen LogP contribution >= 0.6 is 11.6 Å². The van der Waals surface area contributed by atoms with Crippen LogP contribution in [0.3, 0.4) is 0 Å². The molecule has 5 rings (SSSR count). The van der Waals surface area contributed by atoms with E-state index < -0.39 is 0 Å². The van der Waals surface area contributed by atoms with Gasteiger partial charge in [0.05, 0.1) is 12.2 Å². The molecule has 164 valence electrons. The highest BCUT2D eigenvalue weighted by atomic mass is 35.5. The van der Waals surface area contributed by atoms with Crippen molar-refractivity contribution >= 4 is 39.9 Å². The SMILES string of the molecule is O=C(NCc1ccccn1)c1cccc([C@@H]2C[C@H]2C(=O)Nc2ccc3cccc(Cl)c3c2)c1. The first-order chi connectivity index (χ1) is 16.1. The van der Waals surface area contributed by atoms with Crippen molar-refractivity contribution in [3.63, 3.8) is 0 Å². The summed E-state index contributed by atoms with van der Waals surface area (Å²) in [7, 11) is 0. The Balaban J connectivity index is 1.22. The molecule has 2 atom stereocenters. The molecular weight excluding hydrogens is 434 g/mol. The van der Waals surface area contributed by atoms with E-state index in [9.17, 15) is 9.59 Å². The number of hydrogen-bond donors (Lipinski definition) is 2. The lowest BCUT2D eigenvalue weighted by molar-refractivity contribution is -0.117. The molecule has 0 aliphatic heterocycles. The van der Waals surface area contributed by atoms with Crippen molar-refractivity contribution in [1.82, 2.24) is 10.3 Å². The van der Waals surface area contributed by atoms with Crippen LogP contribution in [0.15, 0.2) is 85.1 Å². The van der Waals surface area contributed by atoms with Crippen LogP contribution in [-0.2, 0) is 11.3 Å². The first kappa shape index (κ1) is 21.2. The number of anilines is 1. The molecular formula is C27H22ClN3O2. The molecule has 1 saturated carbocycles. The van der Waals surface area contributed by atoms with E-state index in [1.54, 1.807) is 12.3 Å². The van der Waals surface area contributed by atoms with Gasteiger partial charge in [0.1, 0.15) is 0 Å². The molecule has 1 aliphatic rings. The Morgan fingerprint density at radius 3 is 2.70 bits per heavy atom. The maximum absolute atomic E-state index is 12.8. The molecule has 0 radical (unpaired) electrons. The fourth-order valence-corrected chi connectivity index (χ4v) is 4.32. The van der Waals surface area contributed by atoms with Gasteiger partial charge in [0.2, 0.25) is 5.91 Å². The summed E-state index contributed by atoms with van der Waals surface area (Å²) in [4.78, 5) is 29.6. The lowest BCUT2D eigenvalue weighted by atomic mass is 10.0. The van der Waals surface area contributed by atoms with Gasteiger partial charge in [-0.2, -0.15) is 0 Å². The first-order valence-electron chi connectivity index (χ1n) is 10.9. The Morgan fingerprint density at radius 1 is 0.970 bits per heavy atom. The number of rotatable bonds is 6. The van der Waals surface area contributed by atoms with Crippen LogP contribution in [0.25, 0.3) is 10.8 Å².